The molecule has 0 saturated carbocycles. The highest BCUT2D eigenvalue weighted by Gasteiger charge is 2.25. The van der Waals surface area contributed by atoms with Crippen molar-refractivity contribution >= 4 is 0 Å². The minimum atomic E-state index is 0.283. The zero-order chi connectivity index (χ0) is 14.9. The fraction of sp³-hybridized carbons (Fsp3) is 0.867. The highest BCUT2D eigenvalue weighted by atomic mass is 16.5. The summed E-state index contributed by atoms with van der Waals surface area (Å²) in [7, 11) is 0. The Hall–Kier alpha value is -0.980. The van der Waals surface area contributed by atoms with Crippen LogP contribution in [0.1, 0.15) is 50.9 Å². The minimum Gasteiger partial charge on any atom is -0.381 e. The number of ether oxygens (including phenoxy) is 1. The molecule has 6 nitrogen and oxygen atoms in total. The molecule has 1 aliphatic heterocycles. The highest BCUT2D eigenvalue weighted by molar-refractivity contribution is 4.96. The van der Waals surface area contributed by atoms with E-state index in [1.54, 1.807) is 0 Å². The van der Waals surface area contributed by atoms with Crippen LogP contribution in [0.25, 0.3) is 0 Å². The van der Waals surface area contributed by atoms with Crippen molar-refractivity contribution in [3.05, 3.63) is 11.7 Å². The van der Waals surface area contributed by atoms with E-state index in [1.165, 1.54) is 0 Å². The summed E-state index contributed by atoms with van der Waals surface area (Å²) in [4.78, 5) is 7.04. The number of nitrogens with one attached hydrogen (secondary N) is 1. The van der Waals surface area contributed by atoms with Gasteiger partial charge in [0, 0.05) is 32.8 Å². The van der Waals surface area contributed by atoms with Gasteiger partial charge in [0.15, 0.2) is 5.82 Å². The quantitative estimate of drug-likeness (QED) is 0.701. The molecule has 2 rings (SSSR count). The van der Waals surface area contributed by atoms with Crippen molar-refractivity contribution in [2.24, 2.45) is 0 Å². The van der Waals surface area contributed by atoms with E-state index in [9.17, 15) is 0 Å². The molecule has 0 amide bonds. The second-order valence-corrected chi connectivity index (χ2v) is 5.50. The molecule has 1 fully saturated rings. The molecular formula is C15H28N4O2. The summed E-state index contributed by atoms with van der Waals surface area (Å²) in [6.07, 6.45) is 3.94. The van der Waals surface area contributed by atoms with E-state index in [-0.39, 0.29) is 6.04 Å². The number of hydrogen-bond donors (Lipinski definition) is 1. The molecule has 6 heteroatoms. The van der Waals surface area contributed by atoms with Gasteiger partial charge in [-0.05, 0) is 12.8 Å². The van der Waals surface area contributed by atoms with Crippen LogP contribution in [0.2, 0.25) is 0 Å². The smallest absolute Gasteiger partial charge is 0.229 e. The first-order valence-corrected chi connectivity index (χ1v) is 8.20. The summed E-state index contributed by atoms with van der Waals surface area (Å²) in [5, 5.41) is 7.59. The van der Waals surface area contributed by atoms with Gasteiger partial charge in [-0.15, -0.1) is 0 Å². The summed E-state index contributed by atoms with van der Waals surface area (Å²) in [5.74, 6) is 1.53. The molecule has 1 aromatic heterocycles. The number of nitrogens with zero attached hydrogens (tertiary/aromatic N) is 3. The number of piperazine rings is 1. The molecule has 0 aliphatic carbocycles. The SMILES string of the molecule is CCCOCCc1nc(C(CCC)N2CCNCC2)no1. The van der Waals surface area contributed by atoms with E-state index in [2.05, 4.69) is 34.2 Å². The normalized spacial score (nSPS) is 18.0. The number of rotatable bonds is 9. The second kappa shape index (κ2) is 9.12. The molecule has 0 aromatic carbocycles. The van der Waals surface area contributed by atoms with Crippen molar-refractivity contribution in [3.63, 3.8) is 0 Å². The lowest BCUT2D eigenvalue weighted by atomic mass is 10.1. The summed E-state index contributed by atoms with van der Waals surface area (Å²) in [6.45, 7) is 9.93. The van der Waals surface area contributed by atoms with E-state index in [0.717, 1.165) is 57.9 Å². The third kappa shape index (κ3) is 5.05. The Balaban J connectivity index is 1.91. The number of hydrogen-bond acceptors (Lipinski definition) is 6. The molecule has 1 N–H and O–H groups in total. The predicted octanol–water partition coefficient (Wildman–Crippen LogP) is 1.79. The van der Waals surface area contributed by atoms with E-state index < -0.39 is 0 Å². The molecule has 1 aromatic rings. The van der Waals surface area contributed by atoms with Crippen molar-refractivity contribution in [1.29, 1.82) is 0 Å². The Morgan fingerprint density at radius 1 is 1.24 bits per heavy atom. The second-order valence-electron chi connectivity index (χ2n) is 5.50. The maximum absolute atomic E-state index is 5.47. The van der Waals surface area contributed by atoms with Crippen molar-refractivity contribution in [3.8, 4) is 0 Å². The molecule has 1 aliphatic rings. The molecule has 0 bridgehead atoms. The average molecular weight is 296 g/mol. The molecule has 0 radical (unpaired) electrons. The van der Waals surface area contributed by atoms with Crippen LogP contribution in [-0.2, 0) is 11.2 Å². The lowest BCUT2D eigenvalue weighted by Gasteiger charge is -2.33. The molecule has 21 heavy (non-hydrogen) atoms. The van der Waals surface area contributed by atoms with Crippen molar-refractivity contribution in [1.82, 2.24) is 20.4 Å². The summed E-state index contributed by atoms with van der Waals surface area (Å²) in [6, 6.07) is 0.283. The van der Waals surface area contributed by atoms with Gasteiger partial charge in [-0.3, -0.25) is 4.90 Å². The van der Waals surface area contributed by atoms with Gasteiger partial charge in [0.05, 0.1) is 19.1 Å². The molecular weight excluding hydrogens is 268 g/mol. The van der Waals surface area contributed by atoms with Crippen LogP contribution in [0.4, 0.5) is 0 Å². The lowest BCUT2D eigenvalue weighted by molar-refractivity contribution is 0.131. The first kappa shape index (κ1) is 16.4. The van der Waals surface area contributed by atoms with Gasteiger partial charge in [0.2, 0.25) is 5.89 Å². The lowest BCUT2D eigenvalue weighted by Crippen LogP contribution is -2.45. The molecule has 0 spiro atoms. The van der Waals surface area contributed by atoms with Gasteiger partial charge in [-0.2, -0.15) is 4.98 Å². The van der Waals surface area contributed by atoms with E-state index >= 15 is 0 Å². The largest absolute Gasteiger partial charge is 0.381 e. The van der Waals surface area contributed by atoms with Crippen LogP contribution in [0.5, 0.6) is 0 Å². The van der Waals surface area contributed by atoms with E-state index in [0.29, 0.717) is 18.9 Å². The Labute approximate surface area is 127 Å². The maximum Gasteiger partial charge on any atom is 0.229 e. The van der Waals surface area contributed by atoms with Crippen LogP contribution < -0.4 is 5.32 Å². The molecule has 1 atom stereocenters. The molecule has 1 unspecified atom stereocenters. The predicted molar refractivity (Wildman–Crippen MR) is 81.2 cm³/mol. The fourth-order valence-electron chi connectivity index (χ4n) is 2.65. The topological polar surface area (TPSA) is 63.4 Å². The van der Waals surface area contributed by atoms with Crippen molar-refractivity contribution < 1.29 is 9.26 Å². The Morgan fingerprint density at radius 2 is 2.05 bits per heavy atom. The average Bonchev–Trinajstić information content (AvgIpc) is 2.98. The third-order valence-corrected chi connectivity index (χ3v) is 3.75. The van der Waals surface area contributed by atoms with Crippen LogP contribution in [0.15, 0.2) is 4.52 Å². The van der Waals surface area contributed by atoms with Crippen LogP contribution in [0, 0.1) is 0 Å². The number of aromatic nitrogens is 2. The minimum absolute atomic E-state index is 0.283. The zero-order valence-corrected chi connectivity index (χ0v) is 13.3. The van der Waals surface area contributed by atoms with Crippen LogP contribution in [0.3, 0.4) is 0 Å². The van der Waals surface area contributed by atoms with Gasteiger partial charge >= 0.3 is 0 Å². The van der Waals surface area contributed by atoms with Crippen LogP contribution in [-0.4, -0.2) is 54.4 Å². The summed E-state index contributed by atoms with van der Waals surface area (Å²) >= 11 is 0. The van der Waals surface area contributed by atoms with Crippen molar-refractivity contribution in [2.45, 2.75) is 45.6 Å². The monoisotopic (exact) mass is 296 g/mol. The van der Waals surface area contributed by atoms with E-state index in [1.807, 2.05) is 0 Å². The van der Waals surface area contributed by atoms with Gasteiger partial charge in [-0.1, -0.05) is 25.4 Å². The van der Waals surface area contributed by atoms with Crippen LogP contribution >= 0.6 is 0 Å². The molecule has 1 saturated heterocycles. The zero-order valence-electron chi connectivity index (χ0n) is 13.3. The Morgan fingerprint density at radius 3 is 2.76 bits per heavy atom. The summed E-state index contributed by atoms with van der Waals surface area (Å²) < 4.78 is 10.9. The molecule has 120 valence electrons. The van der Waals surface area contributed by atoms with Crippen molar-refractivity contribution in [2.75, 3.05) is 39.4 Å². The Bertz CT molecular complexity index is 391. The van der Waals surface area contributed by atoms with Gasteiger partial charge < -0.3 is 14.6 Å². The van der Waals surface area contributed by atoms with Gasteiger partial charge in [-0.25, -0.2) is 0 Å². The van der Waals surface area contributed by atoms with Gasteiger partial charge in [0.25, 0.3) is 0 Å². The summed E-state index contributed by atoms with van der Waals surface area (Å²) in [5.41, 5.74) is 0. The fourth-order valence-corrected chi connectivity index (χ4v) is 2.65. The first-order chi connectivity index (χ1) is 10.3. The highest BCUT2D eigenvalue weighted by Crippen LogP contribution is 2.23. The first-order valence-electron chi connectivity index (χ1n) is 8.20. The maximum atomic E-state index is 5.47. The molecule has 2 heterocycles. The third-order valence-electron chi connectivity index (χ3n) is 3.75. The Kier molecular flexibility index (Phi) is 7.12. The van der Waals surface area contributed by atoms with E-state index in [4.69, 9.17) is 9.26 Å². The standard InChI is InChI=1S/C15H28N4O2/c1-3-5-13(19-9-7-16-8-10-19)15-17-14(21-18-15)6-12-20-11-4-2/h13,16H,3-12H2,1-2H3. The van der Waals surface area contributed by atoms with Gasteiger partial charge in [0.1, 0.15) is 0 Å².